The molecule has 0 unspecified atom stereocenters. The van der Waals surface area contributed by atoms with Crippen LogP contribution in [0.25, 0.3) is 0 Å². The Morgan fingerprint density at radius 2 is 1.97 bits per heavy atom. The molecule has 0 aromatic carbocycles. The number of nitrogens with zero attached hydrogens (tertiary/aromatic N) is 4. The quantitative estimate of drug-likeness (QED) is 0.557. The van der Waals surface area contributed by atoms with E-state index in [9.17, 15) is 31.2 Å². The van der Waals surface area contributed by atoms with Gasteiger partial charge in [0.05, 0.1) is 23.7 Å². The molecular weight excluding hydrogens is 491 g/mol. The second-order valence-corrected chi connectivity index (χ2v) is 10.0. The van der Waals surface area contributed by atoms with Gasteiger partial charge >= 0.3 is 12.2 Å². The Balaban J connectivity index is 1.60. The number of urea groups is 1. The summed E-state index contributed by atoms with van der Waals surface area (Å²) < 4.78 is 63.8. The third-order valence-electron chi connectivity index (χ3n) is 5.54. The summed E-state index contributed by atoms with van der Waals surface area (Å²) in [5.74, 6) is -0.820. The number of carbonyl (C=O) groups is 2. The van der Waals surface area contributed by atoms with Gasteiger partial charge in [-0.3, -0.25) is 19.7 Å². The van der Waals surface area contributed by atoms with Crippen molar-refractivity contribution in [2.75, 3.05) is 39.2 Å². The minimum Gasteiger partial charge on any atom is -0.366 e. The third-order valence-corrected chi connectivity index (χ3v) is 6.15. The lowest BCUT2D eigenvalue weighted by Crippen LogP contribution is -2.49. The minimum absolute atomic E-state index is 0.0681. The topological polar surface area (TPSA) is 137 Å². The van der Waals surface area contributed by atoms with E-state index >= 15 is 0 Å². The molecule has 3 N–H and O–H groups in total. The Kier molecular flexibility index (Phi) is 6.21. The van der Waals surface area contributed by atoms with Crippen molar-refractivity contribution in [2.45, 2.75) is 31.6 Å². The second-order valence-electron chi connectivity index (χ2n) is 8.27. The molecule has 4 rings (SSSR count). The van der Waals surface area contributed by atoms with E-state index in [1.807, 2.05) is 10.2 Å². The lowest BCUT2D eigenvalue weighted by molar-refractivity contribution is -0.149. The minimum atomic E-state index is -4.62. The van der Waals surface area contributed by atoms with Gasteiger partial charge in [0.2, 0.25) is 10.0 Å². The first-order valence-electron chi connectivity index (χ1n) is 10.5. The third kappa shape index (κ3) is 5.39. The maximum atomic E-state index is 13.2. The highest BCUT2D eigenvalue weighted by atomic mass is 32.2. The van der Waals surface area contributed by atoms with Gasteiger partial charge in [-0.25, -0.2) is 23.2 Å². The molecule has 0 spiro atoms. The molecule has 0 aliphatic carbocycles. The van der Waals surface area contributed by atoms with E-state index in [4.69, 9.17) is 0 Å². The number of alkyl halides is 3. The molecular formula is C20H22F3N7O4S. The molecule has 3 amide bonds. The van der Waals surface area contributed by atoms with Gasteiger partial charge in [0, 0.05) is 25.4 Å². The molecule has 11 nitrogen and oxygen atoms in total. The number of hydrogen-bond donors (Lipinski definition) is 3. The maximum absolute atomic E-state index is 13.2. The predicted molar refractivity (Wildman–Crippen MR) is 122 cm³/mol. The Morgan fingerprint density at radius 3 is 2.66 bits per heavy atom. The molecule has 1 fully saturated rings. The van der Waals surface area contributed by atoms with E-state index in [0.29, 0.717) is 25.2 Å². The Morgan fingerprint density at radius 1 is 1.23 bits per heavy atom. The Hall–Kier alpha value is -3.62. The van der Waals surface area contributed by atoms with Crippen molar-refractivity contribution in [3.63, 3.8) is 0 Å². The standard InChI is InChI=1S/C20H22F3N7O4S/c1-11(20(21,22)23)25-18(31)14-3-4-15-17(26-14)30(13-6-8-29(15)10-13)19(32)27-16-9-12(5-7-24-16)28-35(2,33)34/h3-5,7,9,11,13H,6,8,10H2,1-2H3,(H,25,31)(H2,24,27,28,32)/t11-,13+/m1/s1. The van der Waals surface area contributed by atoms with Crippen molar-refractivity contribution >= 4 is 45.0 Å². The average molecular weight is 514 g/mol. The number of carbonyl (C=O) groups excluding carboxylic acids is 2. The molecule has 2 aliphatic heterocycles. The molecule has 15 heteroatoms. The first-order valence-corrected chi connectivity index (χ1v) is 12.4. The first kappa shape index (κ1) is 24.5. The predicted octanol–water partition coefficient (Wildman–Crippen LogP) is 2.16. The summed E-state index contributed by atoms with van der Waals surface area (Å²) in [4.78, 5) is 37.2. The normalized spacial score (nSPS) is 18.0. The van der Waals surface area contributed by atoms with Crippen molar-refractivity contribution in [2.24, 2.45) is 0 Å². The molecule has 188 valence electrons. The summed E-state index contributed by atoms with van der Waals surface area (Å²) in [6.07, 6.45) is -1.71. The van der Waals surface area contributed by atoms with E-state index in [2.05, 4.69) is 20.0 Å². The lowest BCUT2D eigenvalue weighted by Gasteiger charge is -2.35. The van der Waals surface area contributed by atoms with Crippen molar-refractivity contribution in [1.29, 1.82) is 0 Å². The van der Waals surface area contributed by atoms with Crippen LogP contribution in [0.2, 0.25) is 0 Å². The molecule has 1 saturated heterocycles. The van der Waals surface area contributed by atoms with Crippen molar-refractivity contribution in [1.82, 2.24) is 15.3 Å². The zero-order valence-corrected chi connectivity index (χ0v) is 19.4. The molecule has 4 heterocycles. The summed E-state index contributed by atoms with van der Waals surface area (Å²) in [6, 6.07) is 2.61. The average Bonchev–Trinajstić information content (AvgIpc) is 3.16. The van der Waals surface area contributed by atoms with E-state index in [1.165, 1.54) is 29.3 Å². The van der Waals surface area contributed by atoms with Crippen molar-refractivity contribution in [3.05, 3.63) is 36.2 Å². The van der Waals surface area contributed by atoms with Gasteiger partial charge in [0.15, 0.2) is 5.82 Å². The molecule has 2 aliphatic rings. The van der Waals surface area contributed by atoms with Crippen LogP contribution < -0.4 is 25.2 Å². The first-order chi connectivity index (χ1) is 16.3. The SMILES string of the molecule is C[C@@H](NC(=O)c1ccc2c(n1)N(C(=O)Nc1cc(NS(C)(=O)=O)ccn1)[C@H]1CCN2C1)C(F)(F)F. The highest BCUT2D eigenvalue weighted by Gasteiger charge is 2.41. The number of anilines is 4. The van der Waals surface area contributed by atoms with Crippen LogP contribution in [-0.4, -0.2) is 67.9 Å². The van der Waals surface area contributed by atoms with Gasteiger partial charge in [-0.1, -0.05) is 0 Å². The van der Waals surface area contributed by atoms with Crippen LogP contribution in [-0.2, 0) is 10.0 Å². The van der Waals surface area contributed by atoms with E-state index in [1.54, 1.807) is 6.07 Å². The van der Waals surface area contributed by atoms with E-state index in [-0.39, 0.29) is 29.1 Å². The number of amides is 3. The molecule has 0 saturated carbocycles. The highest BCUT2D eigenvalue weighted by Crippen LogP contribution is 2.39. The number of aromatic nitrogens is 2. The molecule has 2 bridgehead atoms. The van der Waals surface area contributed by atoms with E-state index in [0.717, 1.165) is 13.2 Å². The van der Waals surface area contributed by atoms with Gasteiger partial charge in [-0.2, -0.15) is 13.2 Å². The van der Waals surface area contributed by atoms with Crippen LogP contribution in [0, 0.1) is 0 Å². The molecule has 2 atom stereocenters. The van der Waals surface area contributed by atoms with Gasteiger partial charge in [-0.15, -0.1) is 0 Å². The smallest absolute Gasteiger partial charge is 0.366 e. The zero-order valence-electron chi connectivity index (χ0n) is 18.6. The number of hydrogen-bond acceptors (Lipinski definition) is 7. The number of fused-ring (bicyclic) bond motifs is 4. The molecule has 35 heavy (non-hydrogen) atoms. The number of pyridine rings is 2. The fourth-order valence-electron chi connectivity index (χ4n) is 3.90. The summed E-state index contributed by atoms with van der Waals surface area (Å²) >= 11 is 0. The summed E-state index contributed by atoms with van der Waals surface area (Å²) in [5.41, 5.74) is 0.493. The fraction of sp³-hybridized carbons (Fsp3) is 0.400. The van der Waals surface area contributed by atoms with Gasteiger partial charge in [0.25, 0.3) is 5.91 Å². The maximum Gasteiger partial charge on any atom is 0.408 e. The van der Waals surface area contributed by atoms with Crippen LogP contribution in [0.3, 0.4) is 0 Å². The van der Waals surface area contributed by atoms with Crippen LogP contribution in [0.4, 0.5) is 41.0 Å². The van der Waals surface area contributed by atoms with Gasteiger partial charge < -0.3 is 10.2 Å². The molecule has 2 aromatic rings. The van der Waals surface area contributed by atoms with Gasteiger partial charge in [-0.05, 0) is 31.5 Å². The van der Waals surface area contributed by atoms with Crippen molar-refractivity contribution < 1.29 is 31.2 Å². The van der Waals surface area contributed by atoms with Crippen LogP contribution in [0.15, 0.2) is 30.5 Å². The van der Waals surface area contributed by atoms with Crippen molar-refractivity contribution in [3.8, 4) is 0 Å². The summed E-state index contributed by atoms with van der Waals surface area (Å²) in [5, 5.41) is 4.46. The number of halogens is 3. The van der Waals surface area contributed by atoms with Crippen LogP contribution in [0.5, 0.6) is 0 Å². The molecule has 0 radical (unpaired) electrons. The highest BCUT2D eigenvalue weighted by molar-refractivity contribution is 7.92. The zero-order chi connectivity index (χ0) is 25.5. The fourth-order valence-corrected chi connectivity index (χ4v) is 4.45. The van der Waals surface area contributed by atoms with Gasteiger partial charge in [0.1, 0.15) is 17.6 Å². The van der Waals surface area contributed by atoms with Crippen LogP contribution >= 0.6 is 0 Å². The molecule has 2 aromatic heterocycles. The van der Waals surface area contributed by atoms with E-state index < -0.39 is 34.2 Å². The Bertz CT molecular complexity index is 1270. The number of sulfonamides is 1. The van der Waals surface area contributed by atoms with Crippen LogP contribution in [0.1, 0.15) is 23.8 Å². The number of rotatable bonds is 5. The monoisotopic (exact) mass is 513 g/mol. The second kappa shape index (κ2) is 8.87. The Labute approximate surface area is 198 Å². The summed E-state index contributed by atoms with van der Waals surface area (Å²) in [7, 11) is -3.55. The number of nitrogens with one attached hydrogen (secondary N) is 3. The summed E-state index contributed by atoms with van der Waals surface area (Å²) in [6.45, 7) is 1.97. The largest absolute Gasteiger partial charge is 0.408 e. The lowest BCUT2D eigenvalue weighted by atomic mass is 10.1.